The highest BCUT2D eigenvalue weighted by molar-refractivity contribution is 5.79. The number of rotatable bonds is 3. The third-order valence-electron chi connectivity index (χ3n) is 2.65. The van der Waals surface area contributed by atoms with Crippen LogP contribution in [-0.2, 0) is 9.59 Å². The maximum atomic E-state index is 11.4. The Bertz CT molecular complexity index is 243. The molecule has 0 radical (unpaired) electrons. The summed E-state index contributed by atoms with van der Waals surface area (Å²) in [6.07, 6.45) is 1.21. The Kier molecular flexibility index (Phi) is 4.55. The molecule has 1 fully saturated rings. The second-order valence-electron chi connectivity index (χ2n) is 3.82. The molecule has 2 atom stereocenters. The standard InChI is InChI=1S/C10H19N3O2/c1-3-9(14)13-8-4-7(5-12-6-8)10(15)11-2/h7-8,12H,3-6H2,1-2H3,(H,11,15)(H,13,14). The van der Waals surface area contributed by atoms with Gasteiger partial charge in [-0.25, -0.2) is 0 Å². The van der Waals surface area contributed by atoms with Crippen LogP contribution in [0.25, 0.3) is 0 Å². The smallest absolute Gasteiger partial charge is 0.224 e. The summed E-state index contributed by atoms with van der Waals surface area (Å²) in [5.74, 6) is 0.0446. The van der Waals surface area contributed by atoms with E-state index in [-0.39, 0.29) is 23.8 Å². The quantitative estimate of drug-likeness (QED) is 0.577. The fourth-order valence-corrected chi connectivity index (χ4v) is 1.79. The number of carbonyl (C=O) groups is 2. The molecule has 0 aliphatic carbocycles. The number of carbonyl (C=O) groups excluding carboxylic acids is 2. The fraction of sp³-hybridized carbons (Fsp3) is 0.800. The minimum Gasteiger partial charge on any atom is -0.359 e. The molecular weight excluding hydrogens is 194 g/mol. The Hall–Kier alpha value is -1.10. The van der Waals surface area contributed by atoms with Gasteiger partial charge in [0.1, 0.15) is 0 Å². The zero-order valence-corrected chi connectivity index (χ0v) is 9.30. The van der Waals surface area contributed by atoms with Crippen LogP contribution in [0.3, 0.4) is 0 Å². The highest BCUT2D eigenvalue weighted by atomic mass is 16.2. The third kappa shape index (κ3) is 3.51. The largest absolute Gasteiger partial charge is 0.359 e. The Morgan fingerprint density at radius 3 is 2.73 bits per heavy atom. The molecule has 1 heterocycles. The number of hydrogen-bond acceptors (Lipinski definition) is 3. The van der Waals surface area contributed by atoms with Gasteiger partial charge in [-0.05, 0) is 6.42 Å². The minimum atomic E-state index is -0.0362. The zero-order chi connectivity index (χ0) is 11.3. The minimum absolute atomic E-state index is 0.0362. The van der Waals surface area contributed by atoms with Gasteiger partial charge in [0.2, 0.25) is 11.8 Å². The molecule has 1 saturated heterocycles. The van der Waals surface area contributed by atoms with Gasteiger partial charge in [-0.15, -0.1) is 0 Å². The fourth-order valence-electron chi connectivity index (χ4n) is 1.79. The van der Waals surface area contributed by atoms with E-state index in [0.29, 0.717) is 13.0 Å². The molecule has 5 heteroatoms. The first kappa shape index (κ1) is 12.0. The molecule has 0 aromatic rings. The summed E-state index contributed by atoms with van der Waals surface area (Å²) in [5.41, 5.74) is 0. The molecule has 1 aliphatic rings. The van der Waals surface area contributed by atoms with E-state index in [1.165, 1.54) is 0 Å². The molecule has 2 unspecified atom stereocenters. The van der Waals surface area contributed by atoms with Gasteiger partial charge < -0.3 is 16.0 Å². The van der Waals surface area contributed by atoms with Gasteiger partial charge in [0, 0.05) is 32.6 Å². The molecular formula is C10H19N3O2. The van der Waals surface area contributed by atoms with Gasteiger partial charge >= 0.3 is 0 Å². The lowest BCUT2D eigenvalue weighted by atomic mass is 9.95. The Morgan fingerprint density at radius 1 is 1.40 bits per heavy atom. The van der Waals surface area contributed by atoms with E-state index in [4.69, 9.17) is 0 Å². The maximum absolute atomic E-state index is 11.4. The third-order valence-corrected chi connectivity index (χ3v) is 2.65. The Morgan fingerprint density at radius 2 is 2.13 bits per heavy atom. The highest BCUT2D eigenvalue weighted by Gasteiger charge is 2.26. The van der Waals surface area contributed by atoms with Crippen molar-refractivity contribution in [2.45, 2.75) is 25.8 Å². The number of piperidine rings is 1. The van der Waals surface area contributed by atoms with Gasteiger partial charge in [-0.1, -0.05) is 6.92 Å². The summed E-state index contributed by atoms with van der Waals surface area (Å²) in [6.45, 7) is 3.26. The van der Waals surface area contributed by atoms with Crippen LogP contribution in [0.15, 0.2) is 0 Å². The van der Waals surface area contributed by atoms with E-state index < -0.39 is 0 Å². The van der Waals surface area contributed by atoms with Crippen LogP contribution in [0.5, 0.6) is 0 Å². The predicted octanol–water partition coefficient (Wildman–Crippen LogP) is -0.763. The number of amides is 2. The molecule has 3 N–H and O–H groups in total. The summed E-state index contributed by atoms with van der Waals surface area (Å²) < 4.78 is 0. The van der Waals surface area contributed by atoms with E-state index in [1.54, 1.807) is 7.05 Å². The van der Waals surface area contributed by atoms with Crippen LogP contribution in [0.1, 0.15) is 19.8 Å². The van der Waals surface area contributed by atoms with E-state index in [2.05, 4.69) is 16.0 Å². The lowest BCUT2D eigenvalue weighted by molar-refractivity contribution is -0.126. The number of hydrogen-bond donors (Lipinski definition) is 3. The SMILES string of the molecule is CCC(=O)NC1CNCC(C(=O)NC)C1. The van der Waals surface area contributed by atoms with Crippen molar-refractivity contribution in [1.29, 1.82) is 0 Å². The predicted molar refractivity (Wildman–Crippen MR) is 57.3 cm³/mol. The average molecular weight is 213 g/mol. The monoisotopic (exact) mass is 213 g/mol. The van der Waals surface area contributed by atoms with Crippen LogP contribution >= 0.6 is 0 Å². The molecule has 0 aromatic heterocycles. The summed E-state index contributed by atoms with van der Waals surface area (Å²) in [6, 6.07) is 0.0773. The van der Waals surface area contributed by atoms with Crippen LogP contribution in [-0.4, -0.2) is 38.0 Å². The normalized spacial score (nSPS) is 25.7. The molecule has 0 bridgehead atoms. The van der Waals surface area contributed by atoms with Crippen molar-refractivity contribution >= 4 is 11.8 Å². The first-order valence-corrected chi connectivity index (χ1v) is 5.39. The van der Waals surface area contributed by atoms with E-state index in [1.807, 2.05) is 6.92 Å². The summed E-state index contributed by atoms with van der Waals surface area (Å²) in [5, 5.41) is 8.68. The molecule has 1 rings (SSSR count). The van der Waals surface area contributed by atoms with Crippen LogP contribution in [0, 0.1) is 5.92 Å². The lowest BCUT2D eigenvalue weighted by Gasteiger charge is -2.29. The van der Waals surface area contributed by atoms with E-state index in [0.717, 1.165) is 13.0 Å². The zero-order valence-electron chi connectivity index (χ0n) is 9.30. The van der Waals surface area contributed by atoms with Gasteiger partial charge in [-0.2, -0.15) is 0 Å². The van der Waals surface area contributed by atoms with Crippen molar-refractivity contribution in [3.63, 3.8) is 0 Å². The summed E-state index contributed by atoms with van der Waals surface area (Å²) in [4.78, 5) is 22.6. The topological polar surface area (TPSA) is 70.2 Å². The Labute approximate surface area is 90.0 Å². The molecule has 1 aliphatic heterocycles. The van der Waals surface area contributed by atoms with Crippen molar-refractivity contribution in [2.24, 2.45) is 5.92 Å². The van der Waals surface area contributed by atoms with E-state index in [9.17, 15) is 9.59 Å². The van der Waals surface area contributed by atoms with Crippen molar-refractivity contribution < 1.29 is 9.59 Å². The van der Waals surface area contributed by atoms with Gasteiger partial charge in [-0.3, -0.25) is 9.59 Å². The molecule has 0 aromatic carbocycles. The van der Waals surface area contributed by atoms with Crippen LogP contribution in [0.2, 0.25) is 0 Å². The van der Waals surface area contributed by atoms with Crippen molar-refractivity contribution in [2.75, 3.05) is 20.1 Å². The van der Waals surface area contributed by atoms with Gasteiger partial charge in [0.15, 0.2) is 0 Å². The highest BCUT2D eigenvalue weighted by Crippen LogP contribution is 2.10. The van der Waals surface area contributed by atoms with E-state index >= 15 is 0 Å². The van der Waals surface area contributed by atoms with Gasteiger partial charge in [0.25, 0.3) is 0 Å². The van der Waals surface area contributed by atoms with Crippen molar-refractivity contribution in [3.05, 3.63) is 0 Å². The van der Waals surface area contributed by atoms with Crippen molar-refractivity contribution in [3.8, 4) is 0 Å². The number of nitrogens with one attached hydrogen (secondary N) is 3. The van der Waals surface area contributed by atoms with Crippen LogP contribution < -0.4 is 16.0 Å². The molecule has 15 heavy (non-hydrogen) atoms. The van der Waals surface area contributed by atoms with Crippen LogP contribution in [0.4, 0.5) is 0 Å². The summed E-state index contributed by atoms with van der Waals surface area (Å²) >= 11 is 0. The molecule has 5 nitrogen and oxygen atoms in total. The molecule has 0 saturated carbocycles. The van der Waals surface area contributed by atoms with Crippen molar-refractivity contribution in [1.82, 2.24) is 16.0 Å². The molecule has 2 amide bonds. The first-order chi connectivity index (χ1) is 7.17. The van der Waals surface area contributed by atoms with Gasteiger partial charge in [0.05, 0.1) is 5.92 Å². The second-order valence-corrected chi connectivity index (χ2v) is 3.82. The average Bonchev–Trinajstić information content (AvgIpc) is 2.28. The lowest BCUT2D eigenvalue weighted by Crippen LogP contribution is -2.51. The maximum Gasteiger partial charge on any atom is 0.224 e. The first-order valence-electron chi connectivity index (χ1n) is 5.39. The molecule has 86 valence electrons. The second kappa shape index (κ2) is 5.70. The summed E-state index contributed by atoms with van der Waals surface area (Å²) in [7, 11) is 1.64. The Balaban J connectivity index is 2.42. The molecule has 0 spiro atoms.